The fraction of sp³-hybridized carbons (Fsp3) is 0.231. The van der Waals surface area contributed by atoms with Gasteiger partial charge in [0.15, 0.2) is 10.3 Å². The van der Waals surface area contributed by atoms with Crippen LogP contribution in [-0.2, 0) is 11.3 Å². The molecule has 0 saturated carbocycles. The van der Waals surface area contributed by atoms with Gasteiger partial charge in [-0.3, -0.25) is 4.79 Å². The predicted octanol–water partition coefficient (Wildman–Crippen LogP) is 2.42. The minimum Gasteiger partial charge on any atom is -0.467 e. The standard InChI is InChI=1S/C13H13N5O2S2/c1-9-6-21-12(15-9)16-11(19)7-22-13-17-14-8-18(13)5-10-3-2-4-20-10/h2-4,6,8H,5,7H2,1H3,(H,15,16,19). The third-order valence-electron chi connectivity index (χ3n) is 2.68. The number of aryl methyl sites for hydroxylation is 1. The third-order valence-corrected chi connectivity index (χ3v) is 4.54. The zero-order valence-electron chi connectivity index (χ0n) is 11.7. The Morgan fingerprint density at radius 2 is 2.45 bits per heavy atom. The highest BCUT2D eigenvalue weighted by Gasteiger charge is 2.11. The van der Waals surface area contributed by atoms with Crippen LogP contribution in [0.15, 0.2) is 39.7 Å². The molecule has 0 aromatic carbocycles. The third kappa shape index (κ3) is 3.74. The van der Waals surface area contributed by atoms with Gasteiger partial charge in [-0.25, -0.2) is 4.98 Å². The second-order valence-electron chi connectivity index (χ2n) is 4.45. The Hall–Kier alpha value is -2.13. The number of nitrogens with zero attached hydrogens (tertiary/aromatic N) is 4. The van der Waals surface area contributed by atoms with E-state index < -0.39 is 0 Å². The van der Waals surface area contributed by atoms with E-state index >= 15 is 0 Å². The number of aromatic nitrogens is 4. The molecule has 22 heavy (non-hydrogen) atoms. The molecule has 0 radical (unpaired) electrons. The van der Waals surface area contributed by atoms with Crippen molar-refractivity contribution < 1.29 is 9.21 Å². The van der Waals surface area contributed by atoms with Crippen molar-refractivity contribution in [2.75, 3.05) is 11.1 Å². The molecule has 7 nitrogen and oxygen atoms in total. The lowest BCUT2D eigenvalue weighted by molar-refractivity contribution is -0.113. The molecule has 0 saturated heterocycles. The molecule has 0 aliphatic carbocycles. The summed E-state index contributed by atoms with van der Waals surface area (Å²) in [5.41, 5.74) is 0.895. The fourth-order valence-corrected chi connectivity index (χ4v) is 3.15. The number of furan rings is 1. The van der Waals surface area contributed by atoms with Gasteiger partial charge in [0.1, 0.15) is 12.1 Å². The minimum atomic E-state index is -0.119. The summed E-state index contributed by atoms with van der Waals surface area (Å²) in [5.74, 6) is 0.936. The number of hydrogen-bond acceptors (Lipinski definition) is 7. The molecule has 0 fully saturated rings. The second kappa shape index (κ2) is 6.75. The lowest BCUT2D eigenvalue weighted by atomic mass is 10.4. The van der Waals surface area contributed by atoms with Crippen molar-refractivity contribution in [2.24, 2.45) is 0 Å². The van der Waals surface area contributed by atoms with Crippen LogP contribution in [0, 0.1) is 6.92 Å². The molecule has 3 rings (SSSR count). The number of thiazole rings is 1. The lowest BCUT2D eigenvalue weighted by Crippen LogP contribution is -2.14. The maximum atomic E-state index is 11.9. The van der Waals surface area contributed by atoms with Gasteiger partial charge in [0.05, 0.1) is 24.3 Å². The average molecular weight is 335 g/mol. The van der Waals surface area contributed by atoms with Crippen molar-refractivity contribution >= 4 is 34.1 Å². The van der Waals surface area contributed by atoms with Crippen LogP contribution in [0.2, 0.25) is 0 Å². The van der Waals surface area contributed by atoms with E-state index in [1.165, 1.54) is 23.1 Å². The normalized spacial score (nSPS) is 10.8. The molecule has 0 aliphatic rings. The van der Waals surface area contributed by atoms with Crippen molar-refractivity contribution in [1.29, 1.82) is 0 Å². The molecular formula is C13H13N5O2S2. The van der Waals surface area contributed by atoms with Crippen LogP contribution < -0.4 is 5.32 Å². The van der Waals surface area contributed by atoms with Crippen LogP contribution in [0.5, 0.6) is 0 Å². The number of carbonyl (C=O) groups excluding carboxylic acids is 1. The van der Waals surface area contributed by atoms with Crippen LogP contribution >= 0.6 is 23.1 Å². The van der Waals surface area contributed by atoms with Gasteiger partial charge < -0.3 is 14.3 Å². The summed E-state index contributed by atoms with van der Waals surface area (Å²) in [5, 5.41) is 13.8. The van der Waals surface area contributed by atoms with Crippen molar-refractivity contribution in [3.63, 3.8) is 0 Å². The second-order valence-corrected chi connectivity index (χ2v) is 6.25. The van der Waals surface area contributed by atoms with Gasteiger partial charge in [-0.2, -0.15) is 0 Å². The average Bonchev–Trinajstić information content (AvgIpc) is 3.21. The van der Waals surface area contributed by atoms with Crippen LogP contribution in [0.1, 0.15) is 11.5 Å². The Morgan fingerprint density at radius 3 is 3.18 bits per heavy atom. The summed E-state index contributed by atoms with van der Waals surface area (Å²) in [6.45, 7) is 2.42. The minimum absolute atomic E-state index is 0.119. The number of anilines is 1. The smallest absolute Gasteiger partial charge is 0.236 e. The molecule has 0 atom stereocenters. The monoisotopic (exact) mass is 335 g/mol. The number of thioether (sulfide) groups is 1. The summed E-state index contributed by atoms with van der Waals surface area (Å²) in [7, 11) is 0. The lowest BCUT2D eigenvalue weighted by Gasteiger charge is -2.04. The molecule has 114 valence electrons. The molecule has 1 N–H and O–H groups in total. The first-order valence-electron chi connectivity index (χ1n) is 6.45. The number of carbonyl (C=O) groups is 1. The molecule has 3 heterocycles. The predicted molar refractivity (Wildman–Crippen MR) is 84.0 cm³/mol. The Balaban J connectivity index is 1.55. The Labute approximate surface area is 134 Å². The number of rotatable bonds is 6. The largest absolute Gasteiger partial charge is 0.467 e. The van der Waals surface area contributed by atoms with Crippen molar-refractivity contribution in [1.82, 2.24) is 19.7 Å². The van der Waals surface area contributed by atoms with Crippen LogP contribution in [-0.4, -0.2) is 31.4 Å². The van der Waals surface area contributed by atoms with Gasteiger partial charge in [0.2, 0.25) is 5.91 Å². The molecule has 0 spiro atoms. The maximum Gasteiger partial charge on any atom is 0.236 e. The molecule has 0 unspecified atom stereocenters. The Morgan fingerprint density at radius 1 is 1.55 bits per heavy atom. The first-order valence-corrected chi connectivity index (χ1v) is 8.32. The highest BCUT2D eigenvalue weighted by Crippen LogP contribution is 2.18. The molecule has 3 aromatic heterocycles. The molecule has 9 heteroatoms. The number of hydrogen-bond donors (Lipinski definition) is 1. The molecular weight excluding hydrogens is 322 g/mol. The van der Waals surface area contributed by atoms with Gasteiger partial charge in [0.25, 0.3) is 0 Å². The number of amides is 1. The van der Waals surface area contributed by atoms with E-state index in [1.807, 2.05) is 29.0 Å². The first-order chi connectivity index (χ1) is 10.7. The summed E-state index contributed by atoms with van der Waals surface area (Å²) in [6.07, 6.45) is 3.24. The van der Waals surface area contributed by atoms with Gasteiger partial charge in [0, 0.05) is 5.38 Å². The molecule has 0 aliphatic heterocycles. The SMILES string of the molecule is Cc1csc(NC(=O)CSc2nncn2Cc2ccco2)n1. The quantitative estimate of drug-likeness (QED) is 0.696. The van der Waals surface area contributed by atoms with E-state index in [0.29, 0.717) is 16.8 Å². The highest BCUT2D eigenvalue weighted by molar-refractivity contribution is 7.99. The highest BCUT2D eigenvalue weighted by atomic mass is 32.2. The topological polar surface area (TPSA) is 85.8 Å². The van der Waals surface area contributed by atoms with E-state index in [0.717, 1.165) is 11.5 Å². The van der Waals surface area contributed by atoms with Gasteiger partial charge >= 0.3 is 0 Å². The van der Waals surface area contributed by atoms with E-state index in [4.69, 9.17) is 4.42 Å². The van der Waals surface area contributed by atoms with Gasteiger partial charge in [-0.05, 0) is 19.1 Å². The summed E-state index contributed by atoms with van der Waals surface area (Å²) in [6, 6.07) is 3.71. The van der Waals surface area contributed by atoms with E-state index in [2.05, 4.69) is 20.5 Å². The first kappa shape index (κ1) is 14.8. The van der Waals surface area contributed by atoms with E-state index in [-0.39, 0.29) is 11.7 Å². The fourth-order valence-electron chi connectivity index (χ4n) is 1.73. The van der Waals surface area contributed by atoms with E-state index in [9.17, 15) is 4.79 Å². The summed E-state index contributed by atoms with van der Waals surface area (Å²) in [4.78, 5) is 16.1. The number of nitrogens with one attached hydrogen (secondary N) is 1. The van der Waals surface area contributed by atoms with Crippen molar-refractivity contribution in [3.05, 3.63) is 41.6 Å². The van der Waals surface area contributed by atoms with Gasteiger partial charge in [-0.1, -0.05) is 11.8 Å². The van der Waals surface area contributed by atoms with Gasteiger partial charge in [-0.15, -0.1) is 21.5 Å². The van der Waals surface area contributed by atoms with Crippen LogP contribution in [0.25, 0.3) is 0 Å². The Kier molecular flexibility index (Phi) is 4.54. The van der Waals surface area contributed by atoms with E-state index in [1.54, 1.807) is 12.6 Å². The maximum absolute atomic E-state index is 11.9. The molecule has 3 aromatic rings. The Bertz CT molecular complexity index is 750. The van der Waals surface area contributed by atoms with Crippen molar-refractivity contribution in [3.8, 4) is 0 Å². The summed E-state index contributed by atoms with van der Waals surface area (Å²) < 4.78 is 7.13. The zero-order chi connectivity index (χ0) is 15.4. The molecule has 1 amide bonds. The van der Waals surface area contributed by atoms with Crippen LogP contribution in [0.3, 0.4) is 0 Å². The summed E-state index contributed by atoms with van der Waals surface area (Å²) >= 11 is 2.73. The van der Waals surface area contributed by atoms with Crippen molar-refractivity contribution in [2.45, 2.75) is 18.6 Å². The molecule has 0 bridgehead atoms. The van der Waals surface area contributed by atoms with Crippen LogP contribution in [0.4, 0.5) is 5.13 Å². The zero-order valence-corrected chi connectivity index (χ0v) is 13.4.